The molecule has 33 heavy (non-hydrogen) atoms. The van der Waals surface area contributed by atoms with Gasteiger partial charge in [0, 0.05) is 23.6 Å². The molecule has 0 fully saturated rings. The smallest absolute Gasteiger partial charge is 0.270 e. The zero-order valence-corrected chi connectivity index (χ0v) is 18.8. The first-order chi connectivity index (χ1) is 16.2. The summed E-state index contributed by atoms with van der Waals surface area (Å²) in [6.45, 7) is 0.689. The third-order valence-electron chi connectivity index (χ3n) is 5.53. The van der Waals surface area contributed by atoms with Crippen LogP contribution in [0.1, 0.15) is 16.8 Å². The van der Waals surface area contributed by atoms with Gasteiger partial charge in [0.2, 0.25) is 12.0 Å². The van der Waals surface area contributed by atoms with Crippen molar-refractivity contribution in [3.63, 3.8) is 0 Å². The lowest BCUT2D eigenvalue weighted by Gasteiger charge is -2.25. The van der Waals surface area contributed by atoms with Gasteiger partial charge in [0.15, 0.2) is 11.5 Å². The number of para-hydroxylation sites is 2. The number of rotatable bonds is 7. The number of hydrogen-bond donors (Lipinski definition) is 2. The second-order valence-electron chi connectivity index (χ2n) is 7.86. The molecule has 2 aromatic carbocycles. The lowest BCUT2D eigenvalue weighted by atomic mass is 10.1. The van der Waals surface area contributed by atoms with Crippen LogP contribution in [0.3, 0.4) is 0 Å². The van der Waals surface area contributed by atoms with Crippen LogP contribution in [-0.4, -0.2) is 40.9 Å². The number of carbonyl (C=O) groups is 2. The fourth-order valence-corrected chi connectivity index (χ4v) is 4.88. The van der Waals surface area contributed by atoms with Crippen LogP contribution < -0.4 is 20.1 Å². The number of thioether (sulfide) groups is 1. The van der Waals surface area contributed by atoms with Crippen LogP contribution >= 0.6 is 11.8 Å². The summed E-state index contributed by atoms with van der Waals surface area (Å²) in [5, 5.41) is 10.5. The van der Waals surface area contributed by atoms with Crippen LogP contribution in [0, 0.1) is 0 Å². The summed E-state index contributed by atoms with van der Waals surface area (Å²) >= 11 is 1.73. The highest BCUT2D eigenvalue weighted by Crippen LogP contribution is 2.35. The minimum atomic E-state index is -0.785. The van der Waals surface area contributed by atoms with Gasteiger partial charge in [-0.3, -0.25) is 9.59 Å². The molecule has 1 unspecified atom stereocenters. The van der Waals surface area contributed by atoms with E-state index >= 15 is 0 Å². The van der Waals surface area contributed by atoms with E-state index in [9.17, 15) is 9.59 Å². The van der Waals surface area contributed by atoms with Crippen molar-refractivity contribution >= 4 is 29.4 Å². The average Bonchev–Trinajstić information content (AvgIpc) is 3.42. The molecule has 0 spiro atoms. The molecule has 3 aromatic rings. The Morgan fingerprint density at radius 1 is 1.06 bits per heavy atom. The van der Waals surface area contributed by atoms with Crippen LogP contribution in [0.5, 0.6) is 11.5 Å². The van der Waals surface area contributed by atoms with Gasteiger partial charge in [-0.25, -0.2) is 4.68 Å². The number of nitrogens with one attached hydrogen (secondary N) is 2. The second-order valence-corrected chi connectivity index (χ2v) is 8.85. The van der Waals surface area contributed by atoms with Crippen LogP contribution in [-0.2, 0) is 34.1 Å². The molecule has 0 radical (unpaired) electrons. The molecule has 0 aliphatic carbocycles. The molecule has 9 heteroatoms. The van der Waals surface area contributed by atoms with Crippen LogP contribution in [0.2, 0.25) is 0 Å². The number of amides is 2. The Balaban J connectivity index is 1.23. The third-order valence-corrected chi connectivity index (χ3v) is 6.50. The van der Waals surface area contributed by atoms with Crippen LogP contribution in [0.15, 0.2) is 54.6 Å². The van der Waals surface area contributed by atoms with Gasteiger partial charge in [0.1, 0.15) is 19.0 Å². The molecule has 1 atom stereocenters. The normalized spacial score (nSPS) is 16.2. The molecule has 2 amide bonds. The number of ether oxygens (including phenoxy) is 2. The van der Waals surface area contributed by atoms with Gasteiger partial charge in [0.25, 0.3) is 5.91 Å². The van der Waals surface area contributed by atoms with E-state index in [1.165, 1.54) is 0 Å². The fraction of sp³-hybridized carbons (Fsp3) is 0.292. The molecular formula is C24H24N4O4S. The van der Waals surface area contributed by atoms with Crippen molar-refractivity contribution in [2.24, 2.45) is 0 Å². The number of aromatic nitrogens is 2. The summed E-state index contributed by atoms with van der Waals surface area (Å²) in [4.78, 5) is 25.5. The molecule has 2 N–H and O–H groups in total. The van der Waals surface area contributed by atoms with E-state index in [1.54, 1.807) is 28.6 Å². The van der Waals surface area contributed by atoms with E-state index in [2.05, 4.69) is 15.7 Å². The van der Waals surface area contributed by atoms with Crippen molar-refractivity contribution in [3.8, 4) is 11.5 Å². The topological polar surface area (TPSA) is 94.5 Å². The Morgan fingerprint density at radius 2 is 1.85 bits per heavy atom. The third kappa shape index (κ3) is 4.83. The predicted octanol–water partition coefficient (Wildman–Crippen LogP) is 2.77. The minimum absolute atomic E-state index is 0.0346. The standard InChI is InChI=1S/C24H24N4O4S/c29-22(25-11-10-16-6-2-1-3-7-16)12-28-23(17-14-33-15-18(17)27-28)26-24(30)21-13-31-19-8-4-5-9-20(19)32-21/h1-9,21H,10-15H2,(H,25,29)(H,26,30). The zero-order valence-electron chi connectivity index (χ0n) is 18.0. The predicted molar refractivity (Wildman–Crippen MR) is 125 cm³/mol. The van der Waals surface area contributed by atoms with Crippen molar-refractivity contribution in [2.45, 2.75) is 30.6 Å². The van der Waals surface area contributed by atoms with Gasteiger partial charge in [-0.1, -0.05) is 42.5 Å². The lowest BCUT2D eigenvalue weighted by molar-refractivity contribution is -0.125. The fourth-order valence-electron chi connectivity index (χ4n) is 3.85. The first kappa shape index (κ1) is 21.4. The quantitative estimate of drug-likeness (QED) is 0.559. The molecule has 0 bridgehead atoms. The van der Waals surface area contributed by atoms with Crippen LogP contribution in [0.4, 0.5) is 5.82 Å². The highest BCUT2D eigenvalue weighted by molar-refractivity contribution is 7.98. The average molecular weight is 465 g/mol. The largest absolute Gasteiger partial charge is 0.485 e. The maximum Gasteiger partial charge on any atom is 0.270 e. The van der Waals surface area contributed by atoms with Crippen LogP contribution in [0.25, 0.3) is 0 Å². The van der Waals surface area contributed by atoms with E-state index in [4.69, 9.17) is 9.47 Å². The molecule has 8 nitrogen and oxygen atoms in total. The van der Waals surface area contributed by atoms with Gasteiger partial charge in [-0.05, 0) is 24.1 Å². The monoisotopic (exact) mass is 464 g/mol. The Labute approximate surface area is 195 Å². The van der Waals surface area contributed by atoms with E-state index in [1.807, 2.05) is 42.5 Å². The van der Waals surface area contributed by atoms with Gasteiger partial charge in [-0.2, -0.15) is 16.9 Å². The van der Waals surface area contributed by atoms with Gasteiger partial charge in [0.05, 0.1) is 5.69 Å². The molecule has 170 valence electrons. The molecule has 1 aromatic heterocycles. The SMILES string of the molecule is O=C(Cn1nc2c(c1NC(=O)C1COc3ccccc3O1)CSC2)NCCc1ccccc1. The number of hydrogen-bond acceptors (Lipinski definition) is 6. The Hall–Kier alpha value is -3.46. The first-order valence-electron chi connectivity index (χ1n) is 10.8. The molecule has 2 aliphatic rings. The van der Waals surface area contributed by atoms with Crippen molar-refractivity contribution in [1.82, 2.24) is 15.1 Å². The second kappa shape index (κ2) is 9.58. The molecule has 2 aliphatic heterocycles. The van der Waals surface area contributed by atoms with E-state index < -0.39 is 6.10 Å². The Morgan fingerprint density at radius 3 is 2.70 bits per heavy atom. The Kier molecular flexibility index (Phi) is 6.21. The van der Waals surface area contributed by atoms with Gasteiger partial charge < -0.3 is 20.1 Å². The highest BCUT2D eigenvalue weighted by atomic mass is 32.2. The lowest BCUT2D eigenvalue weighted by Crippen LogP contribution is -2.41. The number of fused-ring (bicyclic) bond motifs is 2. The highest BCUT2D eigenvalue weighted by Gasteiger charge is 2.31. The van der Waals surface area contributed by atoms with E-state index in [0.717, 1.165) is 34.7 Å². The summed E-state index contributed by atoms with van der Waals surface area (Å²) < 4.78 is 13.1. The minimum Gasteiger partial charge on any atom is -0.485 e. The van der Waals surface area contributed by atoms with Gasteiger partial charge >= 0.3 is 0 Å². The van der Waals surface area contributed by atoms with Crippen molar-refractivity contribution in [2.75, 3.05) is 18.5 Å². The van der Waals surface area contributed by atoms with Gasteiger partial charge in [-0.15, -0.1) is 0 Å². The maximum atomic E-state index is 13.0. The number of anilines is 1. The van der Waals surface area contributed by atoms with E-state index in [-0.39, 0.29) is 25.0 Å². The first-order valence-corrected chi connectivity index (χ1v) is 12.0. The number of benzene rings is 2. The van der Waals surface area contributed by atoms with Crippen molar-refractivity contribution in [3.05, 3.63) is 71.4 Å². The number of carbonyl (C=O) groups excluding carboxylic acids is 2. The summed E-state index contributed by atoms with van der Waals surface area (Å²) in [5.41, 5.74) is 3.03. The van der Waals surface area contributed by atoms with Crippen molar-refractivity contribution < 1.29 is 19.1 Å². The van der Waals surface area contributed by atoms with Crippen molar-refractivity contribution in [1.29, 1.82) is 0 Å². The molecule has 0 saturated heterocycles. The summed E-state index contributed by atoms with van der Waals surface area (Å²) in [6.07, 6.45) is -0.0317. The maximum absolute atomic E-state index is 13.0. The molecular weight excluding hydrogens is 440 g/mol. The number of nitrogens with zero attached hydrogens (tertiary/aromatic N) is 2. The molecule has 5 rings (SSSR count). The molecule has 0 saturated carbocycles. The zero-order chi connectivity index (χ0) is 22.6. The Bertz CT molecular complexity index is 1160. The van der Waals surface area contributed by atoms with E-state index in [0.29, 0.717) is 23.9 Å². The summed E-state index contributed by atoms with van der Waals surface area (Å²) in [5.74, 6) is 2.74. The summed E-state index contributed by atoms with van der Waals surface area (Å²) in [7, 11) is 0. The molecule has 3 heterocycles. The summed E-state index contributed by atoms with van der Waals surface area (Å²) in [6, 6.07) is 17.3.